The Morgan fingerprint density at radius 1 is 1.31 bits per heavy atom. The molecular formula is C14H23NO. The molecule has 0 aromatic heterocycles. The van der Waals surface area contributed by atoms with Crippen LogP contribution in [-0.4, -0.2) is 18.3 Å². The van der Waals surface area contributed by atoms with Crippen molar-refractivity contribution in [3.63, 3.8) is 0 Å². The Morgan fingerprint density at radius 3 is 2.75 bits per heavy atom. The molecule has 1 atom stereocenters. The second-order valence-corrected chi connectivity index (χ2v) is 4.61. The second-order valence-electron chi connectivity index (χ2n) is 4.61. The lowest BCUT2D eigenvalue weighted by molar-refractivity contribution is 0.260. The van der Waals surface area contributed by atoms with E-state index >= 15 is 0 Å². The molecule has 0 saturated heterocycles. The van der Waals surface area contributed by atoms with E-state index in [0.717, 1.165) is 19.5 Å². The summed E-state index contributed by atoms with van der Waals surface area (Å²) in [6.45, 7) is 8.65. The standard InChI is InChI=1S/C14H23NO/c1-11(7-8-16)9-15-10-14-6-4-5-12(2)13(14)3/h4-6,11,15-16H,7-10H2,1-3H3. The fourth-order valence-corrected chi connectivity index (χ4v) is 1.78. The van der Waals surface area contributed by atoms with Gasteiger partial charge in [0.05, 0.1) is 0 Å². The Hall–Kier alpha value is -0.860. The summed E-state index contributed by atoms with van der Waals surface area (Å²) in [4.78, 5) is 0. The first-order chi connectivity index (χ1) is 7.65. The smallest absolute Gasteiger partial charge is 0.0434 e. The Kier molecular flexibility index (Phi) is 5.50. The number of aliphatic hydroxyl groups excluding tert-OH is 1. The second kappa shape index (κ2) is 6.66. The third kappa shape index (κ3) is 3.95. The quantitative estimate of drug-likeness (QED) is 0.773. The molecule has 0 heterocycles. The molecule has 0 aliphatic heterocycles. The summed E-state index contributed by atoms with van der Waals surface area (Å²) < 4.78 is 0. The molecule has 2 nitrogen and oxygen atoms in total. The summed E-state index contributed by atoms with van der Waals surface area (Å²) in [5.41, 5.74) is 4.10. The summed E-state index contributed by atoms with van der Waals surface area (Å²) in [6.07, 6.45) is 0.875. The Balaban J connectivity index is 2.40. The monoisotopic (exact) mass is 221 g/mol. The van der Waals surface area contributed by atoms with Crippen LogP contribution in [0.5, 0.6) is 0 Å². The van der Waals surface area contributed by atoms with Crippen LogP contribution in [0.1, 0.15) is 30.0 Å². The van der Waals surface area contributed by atoms with Crippen molar-refractivity contribution in [3.8, 4) is 0 Å². The van der Waals surface area contributed by atoms with Gasteiger partial charge in [0.25, 0.3) is 0 Å². The lowest BCUT2D eigenvalue weighted by Gasteiger charge is -2.13. The van der Waals surface area contributed by atoms with E-state index in [4.69, 9.17) is 5.11 Å². The van der Waals surface area contributed by atoms with E-state index in [2.05, 4.69) is 44.3 Å². The van der Waals surface area contributed by atoms with Crippen molar-refractivity contribution in [2.24, 2.45) is 5.92 Å². The number of aryl methyl sites for hydroxylation is 1. The largest absolute Gasteiger partial charge is 0.396 e. The van der Waals surface area contributed by atoms with Gasteiger partial charge in [0.1, 0.15) is 0 Å². The molecule has 0 saturated carbocycles. The molecule has 0 fully saturated rings. The van der Waals surface area contributed by atoms with E-state index in [-0.39, 0.29) is 6.61 Å². The molecular weight excluding hydrogens is 198 g/mol. The van der Waals surface area contributed by atoms with Gasteiger partial charge in [0.2, 0.25) is 0 Å². The summed E-state index contributed by atoms with van der Waals surface area (Å²) in [7, 11) is 0. The molecule has 2 heteroatoms. The predicted octanol–water partition coefficient (Wildman–Crippen LogP) is 2.41. The maximum Gasteiger partial charge on any atom is 0.0434 e. The van der Waals surface area contributed by atoms with Crippen LogP contribution in [0, 0.1) is 19.8 Å². The van der Waals surface area contributed by atoms with Gasteiger partial charge >= 0.3 is 0 Å². The predicted molar refractivity (Wildman–Crippen MR) is 68.5 cm³/mol. The van der Waals surface area contributed by atoms with Crippen LogP contribution in [-0.2, 0) is 6.54 Å². The number of hydrogen-bond acceptors (Lipinski definition) is 2. The Morgan fingerprint density at radius 2 is 2.06 bits per heavy atom. The Bertz CT molecular complexity index is 323. The summed E-state index contributed by atoms with van der Waals surface area (Å²) in [5.74, 6) is 0.537. The lowest BCUT2D eigenvalue weighted by Crippen LogP contribution is -2.21. The maximum atomic E-state index is 8.81. The molecule has 0 radical (unpaired) electrons. The molecule has 1 rings (SSSR count). The van der Waals surface area contributed by atoms with Crippen LogP contribution in [0.15, 0.2) is 18.2 Å². The van der Waals surface area contributed by atoms with Crippen LogP contribution in [0.2, 0.25) is 0 Å². The van der Waals surface area contributed by atoms with E-state index in [1.165, 1.54) is 16.7 Å². The van der Waals surface area contributed by atoms with Crippen LogP contribution < -0.4 is 5.32 Å². The van der Waals surface area contributed by atoms with Gasteiger partial charge in [0.15, 0.2) is 0 Å². The number of benzene rings is 1. The number of hydrogen-bond donors (Lipinski definition) is 2. The minimum atomic E-state index is 0.284. The average Bonchev–Trinajstić information content (AvgIpc) is 2.25. The van der Waals surface area contributed by atoms with Crippen molar-refractivity contribution < 1.29 is 5.11 Å². The van der Waals surface area contributed by atoms with Gasteiger partial charge in [-0.05, 0) is 49.4 Å². The number of aliphatic hydroxyl groups is 1. The van der Waals surface area contributed by atoms with Crippen molar-refractivity contribution in [2.45, 2.75) is 33.7 Å². The zero-order valence-corrected chi connectivity index (χ0v) is 10.6. The fraction of sp³-hybridized carbons (Fsp3) is 0.571. The van der Waals surface area contributed by atoms with Crippen molar-refractivity contribution in [3.05, 3.63) is 34.9 Å². The van der Waals surface area contributed by atoms with E-state index in [9.17, 15) is 0 Å². The normalized spacial score (nSPS) is 12.8. The van der Waals surface area contributed by atoms with Gasteiger partial charge in [-0.3, -0.25) is 0 Å². The van der Waals surface area contributed by atoms with Crippen LogP contribution in [0.25, 0.3) is 0 Å². The third-order valence-electron chi connectivity index (χ3n) is 3.15. The van der Waals surface area contributed by atoms with Gasteiger partial charge in [-0.15, -0.1) is 0 Å². The minimum absolute atomic E-state index is 0.284. The molecule has 2 N–H and O–H groups in total. The third-order valence-corrected chi connectivity index (χ3v) is 3.15. The molecule has 0 amide bonds. The summed E-state index contributed by atoms with van der Waals surface area (Å²) in [6, 6.07) is 6.43. The lowest BCUT2D eigenvalue weighted by atomic mass is 10.0. The maximum absolute atomic E-state index is 8.81. The van der Waals surface area contributed by atoms with Crippen LogP contribution in [0.3, 0.4) is 0 Å². The van der Waals surface area contributed by atoms with Gasteiger partial charge in [0, 0.05) is 13.2 Å². The van der Waals surface area contributed by atoms with E-state index < -0.39 is 0 Å². The highest BCUT2D eigenvalue weighted by Crippen LogP contribution is 2.12. The first kappa shape index (κ1) is 13.2. The topological polar surface area (TPSA) is 32.3 Å². The van der Waals surface area contributed by atoms with Crippen LogP contribution in [0.4, 0.5) is 0 Å². The molecule has 1 unspecified atom stereocenters. The molecule has 90 valence electrons. The highest BCUT2D eigenvalue weighted by molar-refractivity contribution is 5.32. The zero-order valence-electron chi connectivity index (χ0n) is 10.6. The van der Waals surface area contributed by atoms with E-state index in [1.54, 1.807) is 0 Å². The van der Waals surface area contributed by atoms with E-state index in [0.29, 0.717) is 5.92 Å². The first-order valence-electron chi connectivity index (χ1n) is 6.01. The average molecular weight is 221 g/mol. The molecule has 16 heavy (non-hydrogen) atoms. The molecule has 0 aliphatic rings. The van der Waals surface area contributed by atoms with Crippen LogP contribution >= 0.6 is 0 Å². The minimum Gasteiger partial charge on any atom is -0.396 e. The molecule has 1 aromatic rings. The molecule has 1 aromatic carbocycles. The van der Waals surface area contributed by atoms with E-state index in [1.807, 2.05) is 0 Å². The first-order valence-corrected chi connectivity index (χ1v) is 6.01. The van der Waals surface area contributed by atoms with Gasteiger partial charge in [-0.2, -0.15) is 0 Å². The highest BCUT2D eigenvalue weighted by atomic mass is 16.3. The molecule has 0 spiro atoms. The Labute approximate surface area is 98.7 Å². The van der Waals surface area contributed by atoms with Crippen molar-refractivity contribution in [2.75, 3.05) is 13.2 Å². The zero-order chi connectivity index (χ0) is 12.0. The molecule has 0 bridgehead atoms. The fourth-order valence-electron chi connectivity index (χ4n) is 1.78. The van der Waals surface area contributed by atoms with Gasteiger partial charge < -0.3 is 10.4 Å². The van der Waals surface area contributed by atoms with Crippen molar-refractivity contribution >= 4 is 0 Å². The number of nitrogens with one attached hydrogen (secondary N) is 1. The van der Waals surface area contributed by atoms with Crippen molar-refractivity contribution in [1.29, 1.82) is 0 Å². The number of rotatable bonds is 6. The SMILES string of the molecule is Cc1cccc(CNCC(C)CCO)c1C. The van der Waals surface area contributed by atoms with Gasteiger partial charge in [-0.1, -0.05) is 25.1 Å². The van der Waals surface area contributed by atoms with Gasteiger partial charge in [-0.25, -0.2) is 0 Å². The summed E-state index contributed by atoms with van der Waals surface area (Å²) >= 11 is 0. The molecule has 0 aliphatic carbocycles. The summed E-state index contributed by atoms with van der Waals surface area (Å²) in [5, 5.41) is 12.2. The van der Waals surface area contributed by atoms with Crippen molar-refractivity contribution in [1.82, 2.24) is 5.32 Å². The highest BCUT2D eigenvalue weighted by Gasteiger charge is 2.03.